The van der Waals surface area contributed by atoms with Crippen LogP contribution in [-0.2, 0) is 11.2 Å². The van der Waals surface area contributed by atoms with Crippen molar-refractivity contribution in [1.29, 1.82) is 0 Å². The van der Waals surface area contributed by atoms with E-state index in [1.54, 1.807) is 7.11 Å². The number of nitrogens with one attached hydrogen (secondary N) is 1. The first-order valence-electron chi connectivity index (χ1n) is 8.96. The number of carbonyl (C=O) groups is 1. The number of anilines is 1. The van der Waals surface area contributed by atoms with Gasteiger partial charge in [-0.3, -0.25) is 4.79 Å². The molecule has 0 saturated carbocycles. The van der Waals surface area contributed by atoms with Gasteiger partial charge in [-0.15, -0.1) is 0 Å². The van der Waals surface area contributed by atoms with Crippen molar-refractivity contribution in [2.75, 3.05) is 38.2 Å². The molecule has 0 aliphatic carbocycles. The molecule has 0 atom stereocenters. The quantitative estimate of drug-likeness (QED) is 0.787. The van der Waals surface area contributed by atoms with Crippen LogP contribution in [0.25, 0.3) is 10.9 Å². The summed E-state index contributed by atoms with van der Waals surface area (Å²) in [5, 5.41) is 1.14. The van der Waals surface area contributed by atoms with Gasteiger partial charge in [-0.25, -0.2) is 0 Å². The van der Waals surface area contributed by atoms with Crippen LogP contribution in [0.4, 0.5) is 5.69 Å². The average Bonchev–Trinajstić information content (AvgIpc) is 3.11. The first-order valence-corrected chi connectivity index (χ1v) is 8.96. The molecule has 3 aromatic rings. The molecule has 134 valence electrons. The van der Waals surface area contributed by atoms with Crippen LogP contribution < -0.4 is 9.64 Å². The van der Waals surface area contributed by atoms with Crippen molar-refractivity contribution >= 4 is 22.5 Å². The lowest BCUT2D eigenvalue weighted by atomic mass is 10.1. The minimum absolute atomic E-state index is 0.198. The topological polar surface area (TPSA) is 48.6 Å². The summed E-state index contributed by atoms with van der Waals surface area (Å²) >= 11 is 0. The predicted molar refractivity (Wildman–Crippen MR) is 104 cm³/mol. The molecule has 0 radical (unpaired) electrons. The van der Waals surface area contributed by atoms with Gasteiger partial charge in [0.1, 0.15) is 5.75 Å². The van der Waals surface area contributed by atoms with Crippen LogP contribution in [0.3, 0.4) is 0 Å². The van der Waals surface area contributed by atoms with Gasteiger partial charge in [0, 0.05) is 49.0 Å². The summed E-state index contributed by atoms with van der Waals surface area (Å²) < 4.78 is 5.21. The summed E-state index contributed by atoms with van der Waals surface area (Å²) in [4.78, 5) is 20.2. The third kappa shape index (κ3) is 3.25. The zero-order chi connectivity index (χ0) is 17.9. The van der Waals surface area contributed by atoms with Gasteiger partial charge in [-0.05, 0) is 35.9 Å². The predicted octanol–water partition coefficient (Wildman–Crippen LogP) is 3.07. The number of benzene rings is 2. The van der Waals surface area contributed by atoms with E-state index in [4.69, 9.17) is 4.74 Å². The summed E-state index contributed by atoms with van der Waals surface area (Å²) in [7, 11) is 1.67. The number of aromatic amines is 1. The van der Waals surface area contributed by atoms with Crippen LogP contribution in [0, 0.1) is 0 Å². The summed E-state index contributed by atoms with van der Waals surface area (Å²) in [5.74, 6) is 1.06. The first kappa shape index (κ1) is 16.5. The maximum atomic E-state index is 12.7. The molecule has 0 spiro atoms. The third-order valence-electron chi connectivity index (χ3n) is 5.09. The van der Waals surface area contributed by atoms with Crippen molar-refractivity contribution in [3.8, 4) is 5.75 Å². The summed E-state index contributed by atoms with van der Waals surface area (Å²) in [6.07, 6.45) is 2.41. The van der Waals surface area contributed by atoms with Crippen molar-refractivity contribution < 1.29 is 9.53 Å². The molecule has 1 amide bonds. The summed E-state index contributed by atoms with van der Waals surface area (Å²) in [6.45, 7) is 3.22. The fourth-order valence-electron chi connectivity index (χ4n) is 3.56. The molecular formula is C21H23N3O2. The van der Waals surface area contributed by atoms with E-state index in [2.05, 4.69) is 28.1 Å². The van der Waals surface area contributed by atoms with Crippen molar-refractivity contribution in [1.82, 2.24) is 9.88 Å². The molecule has 0 unspecified atom stereocenters. The minimum Gasteiger partial charge on any atom is -0.497 e. The largest absolute Gasteiger partial charge is 0.497 e. The number of fused-ring (bicyclic) bond motifs is 1. The Labute approximate surface area is 153 Å². The van der Waals surface area contributed by atoms with E-state index in [1.807, 2.05) is 41.4 Å². The van der Waals surface area contributed by atoms with Gasteiger partial charge in [0.15, 0.2) is 0 Å². The molecule has 0 bridgehead atoms. The van der Waals surface area contributed by atoms with Crippen LogP contribution >= 0.6 is 0 Å². The Morgan fingerprint density at radius 2 is 1.77 bits per heavy atom. The highest BCUT2D eigenvalue weighted by molar-refractivity contribution is 5.89. The SMILES string of the molecule is COc1ccc(N2CCN(C(=O)Cc3c[nH]c4ccccc34)CC2)cc1. The standard InChI is InChI=1S/C21H23N3O2/c1-26-18-8-6-17(7-9-18)23-10-12-24(13-11-23)21(25)14-16-15-22-20-5-3-2-4-19(16)20/h2-9,15,22H,10-14H2,1H3. The summed E-state index contributed by atoms with van der Waals surface area (Å²) in [5.41, 5.74) is 3.33. The number of nitrogens with zero attached hydrogens (tertiary/aromatic N) is 2. The van der Waals surface area contributed by atoms with E-state index in [1.165, 1.54) is 5.69 Å². The Bertz CT molecular complexity index is 893. The zero-order valence-corrected chi connectivity index (χ0v) is 14.9. The lowest BCUT2D eigenvalue weighted by molar-refractivity contribution is -0.130. The number of H-pyrrole nitrogens is 1. The van der Waals surface area contributed by atoms with Crippen LogP contribution in [0.2, 0.25) is 0 Å². The number of para-hydroxylation sites is 1. The molecule has 5 nitrogen and oxygen atoms in total. The van der Waals surface area contributed by atoms with E-state index in [9.17, 15) is 4.79 Å². The van der Waals surface area contributed by atoms with Gasteiger partial charge in [0.2, 0.25) is 5.91 Å². The Balaban J connectivity index is 1.37. The Morgan fingerprint density at radius 1 is 1.04 bits per heavy atom. The molecule has 1 aliphatic rings. The van der Waals surface area contributed by atoms with Gasteiger partial charge in [-0.1, -0.05) is 18.2 Å². The van der Waals surface area contributed by atoms with E-state index in [0.29, 0.717) is 6.42 Å². The molecule has 4 rings (SSSR count). The average molecular weight is 349 g/mol. The van der Waals surface area contributed by atoms with Crippen LogP contribution in [-0.4, -0.2) is 49.1 Å². The maximum Gasteiger partial charge on any atom is 0.227 e. The Hall–Kier alpha value is -2.95. The van der Waals surface area contributed by atoms with E-state index < -0.39 is 0 Å². The van der Waals surface area contributed by atoms with Crippen LogP contribution in [0.1, 0.15) is 5.56 Å². The fourth-order valence-corrected chi connectivity index (χ4v) is 3.56. The van der Waals surface area contributed by atoms with Crippen molar-refractivity contribution in [3.63, 3.8) is 0 Å². The van der Waals surface area contributed by atoms with E-state index >= 15 is 0 Å². The van der Waals surface area contributed by atoms with Gasteiger partial charge in [-0.2, -0.15) is 0 Å². The number of hydrogen-bond acceptors (Lipinski definition) is 3. The highest BCUT2D eigenvalue weighted by Gasteiger charge is 2.22. The number of carbonyl (C=O) groups excluding carboxylic acids is 1. The lowest BCUT2D eigenvalue weighted by Gasteiger charge is -2.36. The lowest BCUT2D eigenvalue weighted by Crippen LogP contribution is -2.49. The van der Waals surface area contributed by atoms with Crippen molar-refractivity contribution in [2.24, 2.45) is 0 Å². The van der Waals surface area contributed by atoms with E-state index in [0.717, 1.165) is 48.4 Å². The van der Waals surface area contributed by atoms with Gasteiger partial charge >= 0.3 is 0 Å². The van der Waals surface area contributed by atoms with Crippen LogP contribution in [0.15, 0.2) is 54.7 Å². The number of piperazine rings is 1. The molecule has 5 heteroatoms. The van der Waals surface area contributed by atoms with Crippen molar-refractivity contribution in [2.45, 2.75) is 6.42 Å². The molecule has 26 heavy (non-hydrogen) atoms. The van der Waals surface area contributed by atoms with Crippen molar-refractivity contribution in [3.05, 3.63) is 60.3 Å². The van der Waals surface area contributed by atoms with Gasteiger partial charge < -0.3 is 19.5 Å². The molecule has 2 heterocycles. The van der Waals surface area contributed by atoms with Crippen LogP contribution in [0.5, 0.6) is 5.75 Å². The molecule has 1 fully saturated rings. The number of methoxy groups -OCH3 is 1. The summed E-state index contributed by atoms with van der Waals surface area (Å²) in [6, 6.07) is 16.2. The highest BCUT2D eigenvalue weighted by Crippen LogP contribution is 2.22. The molecule has 1 aromatic heterocycles. The Morgan fingerprint density at radius 3 is 2.50 bits per heavy atom. The second-order valence-corrected chi connectivity index (χ2v) is 6.60. The Kier molecular flexibility index (Phi) is 4.52. The monoisotopic (exact) mass is 349 g/mol. The minimum atomic E-state index is 0.198. The van der Waals surface area contributed by atoms with Gasteiger partial charge in [0.05, 0.1) is 13.5 Å². The number of amides is 1. The molecular weight excluding hydrogens is 326 g/mol. The molecule has 2 aromatic carbocycles. The maximum absolute atomic E-state index is 12.7. The third-order valence-corrected chi connectivity index (χ3v) is 5.09. The highest BCUT2D eigenvalue weighted by atomic mass is 16.5. The number of hydrogen-bond donors (Lipinski definition) is 1. The molecule has 1 saturated heterocycles. The number of rotatable bonds is 4. The second kappa shape index (κ2) is 7.12. The first-order chi connectivity index (χ1) is 12.7. The molecule has 1 aliphatic heterocycles. The number of aromatic nitrogens is 1. The van der Waals surface area contributed by atoms with Gasteiger partial charge in [0.25, 0.3) is 0 Å². The fraction of sp³-hybridized carbons (Fsp3) is 0.286. The smallest absolute Gasteiger partial charge is 0.227 e. The zero-order valence-electron chi connectivity index (χ0n) is 14.9. The number of ether oxygens (including phenoxy) is 1. The second-order valence-electron chi connectivity index (χ2n) is 6.60. The van der Waals surface area contributed by atoms with E-state index in [-0.39, 0.29) is 5.91 Å². The normalized spacial score (nSPS) is 14.7. The molecule has 1 N–H and O–H groups in total.